The first-order chi connectivity index (χ1) is 14.5. The van der Waals surface area contributed by atoms with Crippen LogP contribution >= 0.6 is 11.6 Å². The number of benzene rings is 2. The molecule has 1 atom stereocenters. The van der Waals surface area contributed by atoms with Gasteiger partial charge in [-0.15, -0.1) is 0 Å². The molecule has 3 aromatic heterocycles. The topological polar surface area (TPSA) is 65.6 Å². The summed E-state index contributed by atoms with van der Waals surface area (Å²) >= 11 is 6.10. The Morgan fingerprint density at radius 1 is 0.967 bits per heavy atom. The Labute approximate surface area is 177 Å². The summed E-state index contributed by atoms with van der Waals surface area (Å²) in [5.74, 6) is 0.671. The first-order valence-corrected chi connectivity index (χ1v) is 10.3. The lowest BCUT2D eigenvalue weighted by Gasteiger charge is -2.16. The van der Waals surface area contributed by atoms with Crippen molar-refractivity contribution in [3.05, 3.63) is 69.7 Å². The lowest BCUT2D eigenvalue weighted by atomic mass is 10.2. The highest BCUT2D eigenvalue weighted by atomic mass is 35.5. The minimum Gasteiger partial charge on any atom is -0.293 e. The van der Waals surface area contributed by atoms with Gasteiger partial charge in [-0.1, -0.05) is 30.7 Å². The number of halogens is 1. The van der Waals surface area contributed by atoms with Crippen LogP contribution in [0.3, 0.4) is 0 Å². The summed E-state index contributed by atoms with van der Waals surface area (Å²) in [6, 6.07) is 15.1. The molecule has 0 N–H and O–H groups in total. The van der Waals surface area contributed by atoms with E-state index in [0.717, 1.165) is 23.1 Å². The van der Waals surface area contributed by atoms with Crippen LogP contribution in [0.2, 0.25) is 5.02 Å². The van der Waals surface area contributed by atoms with Gasteiger partial charge in [0, 0.05) is 16.8 Å². The van der Waals surface area contributed by atoms with E-state index >= 15 is 0 Å². The van der Waals surface area contributed by atoms with E-state index in [1.165, 1.54) is 0 Å². The van der Waals surface area contributed by atoms with E-state index < -0.39 is 0 Å². The molecule has 150 valence electrons. The number of hydrogen-bond donors (Lipinski definition) is 0. The maximum atomic E-state index is 13.6. The molecule has 0 aliphatic rings. The number of aromatic nitrogens is 5. The van der Waals surface area contributed by atoms with E-state index in [0.29, 0.717) is 33.0 Å². The second kappa shape index (κ2) is 6.92. The molecule has 0 fully saturated rings. The van der Waals surface area contributed by atoms with Gasteiger partial charge >= 0.3 is 0 Å². The molecular weight excluding hydrogens is 398 g/mol. The number of para-hydroxylation sites is 2. The SMILES string of the molecule is CCC(C)n1c(C)nc2c(c1=O)c1nc3ccccc3nc1n2-c1ccc(Cl)cc1. The standard InChI is InChI=1S/C23H20ClN5O/c1-4-13(2)28-14(3)25-21-19(23(28)30)20-22(27-18-8-6-5-7-17(18)26-20)29(21)16-11-9-15(24)10-12-16/h5-13H,4H2,1-3H3. The highest BCUT2D eigenvalue weighted by molar-refractivity contribution is 6.30. The van der Waals surface area contributed by atoms with Crippen LogP contribution in [0.15, 0.2) is 53.3 Å². The van der Waals surface area contributed by atoms with Crippen molar-refractivity contribution in [2.24, 2.45) is 0 Å². The molecule has 0 bridgehead atoms. The fourth-order valence-corrected chi connectivity index (χ4v) is 4.07. The van der Waals surface area contributed by atoms with Crippen LogP contribution in [0.5, 0.6) is 0 Å². The van der Waals surface area contributed by atoms with Crippen LogP contribution in [0.1, 0.15) is 32.1 Å². The lowest BCUT2D eigenvalue weighted by Crippen LogP contribution is -2.26. The van der Waals surface area contributed by atoms with Gasteiger partial charge in [0.1, 0.15) is 16.7 Å². The Morgan fingerprint density at radius 3 is 2.30 bits per heavy atom. The Morgan fingerprint density at radius 2 is 1.63 bits per heavy atom. The molecular formula is C23H20ClN5O. The van der Waals surface area contributed by atoms with Crippen molar-refractivity contribution in [3.63, 3.8) is 0 Å². The third-order valence-corrected chi connectivity index (χ3v) is 5.85. The van der Waals surface area contributed by atoms with Crippen LogP contribution in [0.25, 0.3) is 38.9 Å². The summed E-state index contributed by atoms with van der Waals surface area (Å²) in [7, 11) is 0. The molecule has 0 radical (unpaired) electrons. The van der Waals surface area contributed by atoms with E-state index in [9.17, 15) is 4.79 Å². The van der Waals surface area contributed by atoms with Crippen molar-refractivity contribution < 1.29 is 0 Å². The Bertz CT molecular complexity index is 1480. The molecule has 7 heteroatoms. The molecule has 5 aromatic rings. The monoisotopic (exact) mass is 417 g/mol. The maximum Gasteiger partial charge on any atom is 0.265 e. The van der Waals surface area contributed by atoms with Crippen molar-refractivity contribution >= 4 is 44.8 Å². The normalized spacial score (nSPS) is 12.8. The Balaban J connectivity index is 2.01. The number of hydrogen-bond acceptors (Lipinski definition) is 4. The van der Waals surface area contributed by atoms with Crippen molar-refractivity contribution in [2.45, 2.75) is 33.2 Å². The molecule has 0 amide bonds. The largest absolute Gasteiger partial charge is 0.293 e. The van der Waals surface area contributed by atoms with E-state index in [4.69, 9.17) is 26.6 Å². The third-order valence-electron chi connectivity index (χ3n) is 5.60. The molecule has 1 unspecified atom stereocenters. The average molecular weight is 418 g/mol. The van der Waals surface area contributed by atoms with Crippen molar-refractivity contribution in [1.29, 1.82) is 0 Å². The van der Waals surface area contributed by atoms with Gasteiger partial charge < -0.3 is 0 Å². The first-order valence-electron chi connectivity index (χ1n) is 9.95. The molecule has 0 saturated carbocycles. The van der Waals surface area contributed by atoms with Gasteiger partial charge in [-0.3, -0.25) is 13.9 Å². The van der Waals surface area contributed by atoms with Crippen molar-refractivity contribution in [2.75, 3.05) is 0 Å². The number of nitrogens with zero attached hydrogens (tertiary/aromatic N) is 5. The molecule has 0 aliphatic heterocycles. The van der Waals surface area contributed by atoms with Crippen LogP contribution in [0.4, 0.5) is 0 Å². The molecule has 0 aliphatic carbocycles. The minimum atomic E-state index is -0.0888. The Kier molecular flexibility index (Phi) is 4.33. The lowest BCUT2D eigenvalue weighted by molar-refractivity contribution is 0.497. The zero-order valence-corrected chi connectivity index (χ0v) is 17.7. The molecule has 0 saturated heterocycles. The molecule has 3 heterocycles. The van der Waals surface area contributed by atoms with Gasteiger partial charge in [0.05, 0.1) is 11.0 Å². The summed E-state index contributed by atoms with van der Waals surface area (Å²) in [6.07, 6.45) is 0.832. The Hall–Kier alpha value is -3.25. The molecule has 6 nitrogen and oxygen atoms in total. The van der Waals surface area contributed by atoms with Crippen LogP contribution in [-0.4, -0.2) is 24.1 Å². The third kappa shape index (κ3) is 2.71. The molecule has 0 spiro atoms. The van der Waals surface area contributed by atoms with Gasteiger partial charge in [-0.2, -0.15) is 0 Å². The number of aryl methyl sites for hydroxylation is 1. The highest BCUT2D eigenvalue weighted by Crippen LogP contribution is 2.29. The summed E-state index contributed by atoms with van der Waals surface area (Å²) in [5.41, 5.74) is 3.98. The maximum absolute atomic E-state index is 13.6. The summed E-state index contributed by atoms with van der Waals surface area (Å²) in [5, 5.41) is 1.13. The average Bonchev–Trinajstić information content (AvgIpc) is 3.05. The minimum absolute atomic E-state index is 0.0387. The smallest absolute Gasteiger partial charge is 0.265 e. The second-order valence-corrected chi connectivity index (χ2v) is 7.92. The summed E-state index contributed by atoms with van der Waals surface area (Å²) < 4.78 is 3.65. The van der Waals surface area contributed by atoms with E-state index in [-0.39, 0.29) is 11.6 Å². The van der Waals surface area contributed by atoms with Crippen molar-refractivity contribution in [3.8, 4) is 5.69 Å². The number of fused-ring (bicyclic) bond motifs is 4. The zero-order chi connectivity index (χ0) is 21.0. The van der Waals surface area contributed by atoms with E-state index in [1.807, 2.05) is 66.9 Å². The summed E-state index contributed by atoms with van der Waals surface area (Å²) in [6.45, 7) is 5.96. The predicted molar refractivity (Wildman–Crippen MR) is 121 cm³/mol. The predicted octanol–water partition coefficient (Wildman–Crippen LogP) is 5.22. The molecule has 30 heavy (non-hydrogen) atoms. The zero-order valence-electron chi connectivity index (χ0n) is 16.9. The van der Waals surface area contributed by atoms with Crippen LogP contribution in [0, 0.1) is 6.92 Å². The van der Waals surface area contributed by atoms with Gasteiger partial charge in [-0.05, 0) is 56.7 Å². The summed E-state index contributed by atoms with van der Waals surface area (Å²) in [4.78, 5) is 28.1. The van der Waals surface area contributed by atoms with Crippen LogP contribution < -0.4 is 5.56 Å². The first kappa shape index (κ1) is 18.8. The van der Waals surface area contributed by atoms with E-state index in [2.05, 4.69) is 6.92 Å². The van der Waals surface area contributed by atoms with Gasteiger partial charge in [0.25, 0.3) is 5.56 Å². The van der Waals surface area contributed by atoms with E-state index in [1.54, 1.807) is 4.57 Å². The van der Waals surface area contributed by atoms with Gasteiger partial charge in [0.15, 0.2) is 11.3 Å². The number of rotatable bonds is 3. The molecule has 2 aromatic carbocycles. The fraction of sp³-hybridized carbons (Fsp3) is 0.217. The highest BCUT2D eigenvalue weighted by Gasteiger charge is 2.23. The second-order valence-electron chi connectivity index (χ2n) is 7.49. The van der Waals surface area contributed by atoms with Crippen molar-refractivity contribution in [1.82, 2.24) is 24.1 Å². The van der Waals surface area contributed by atoms with Gasteiger partial charge in [0.2, 0.25) is 0 Å². The molecule has 5 rings (SSSR count). The van der Waals surface area contributed by atoms with Crippen LogP contribution in [-0.2, 0) is 0 Å². The quantitative estimate of drug-likeness (QED) is 0.404. The van der Waals surface area contributed by atoms with Gasteiger partial charge in [-0.25, -0.2) is 15.0 Å². The fourth-order valence-electron chi connectivity index (χ4n) is 3.95.